The second kappa shape index (κ2) is 5.23. The van der Waals surface area contributed by atoms with Crippen LogP contribution in [0.4, 0.5) is 0 Å². The van der Waals surface area contributed by atoms with Crippen LogP contribution in [0.5, 0.6) is 0 Å². The minimum Gasteiger partial charge on any atom is -0.375 e. The van der Waals surface area contributed by atoms with Crippen LogP contribution in [0.25, 0.3) is 0 Å². The highest BCUT2D eigenvalue weighted by Gasteiger charge is 2.31. The lowest BCUT2D eigenvalue weighted by atomic mass is 9.85. The molecule has 0 aliphatic heterocycles. The smallest absolute Gasteiger partial charge is 0.108 e. The third kappa shape index (κ3) is 3.77. The molecular weight excluding hydrogens is 164 g/mol. The van der Waals surface area contributed by atoms with Crippen molar-refractivity contribution >= 4 is 0 Å². The van der Waals surface area contributed by atoms with Gasteiger partial charge in [-0.15, -0.1) is 6.42 Å². The Labute approximate surface area is 81.0 Å². The molecule has 0 aromatic carbocycles. The molecule has 0 radical (unpaired) electrons. The lowest BCUT2D eigenvalue weighted by molar-refractivity contribution is -0.0237. The van der Waals surface area contributed by atoms with Crippen molar-refractivity contribution in [3.05, 3.63) is 0 Å². The monoisotopic (exact) mass is 184 g/mol. The SMILES string of the molecule is C#CC(NN)C(OCC)C(C)(C)C. The molecule has 76 valence electrons. The normalized spacial score (nSPS) is 16.3. The van der Waals surface area contributed by atoms with E-state index in [0.29, 0.717) is 6.61 Å². The van der Waals surface area contributed by atoms with Gasteiger partial charge in [0.2, 0.25) is 0 Å². The quantitative estimate of drug-likeness (QED) is 0.388. The van der Waals surface area contributed by atoms with Gasteiger partial charge in [0.1, 0.15) is 6.04 Å². The van der Waals surface area contributed by atoms with Crippen molar-refractivity contribution < 1.29 is 4.74 Å². The van der Waals surface area contributed by atoms with E-state index in [4.69, 9.17) is 17.0 Å². The summed E-state index contributed by atoms with van der Waals surface area (Å²) in [5, 5.41) is 0. The van der Waals surface area contributed by atoms with E-state index in [2.05, 4.69) is 32.1 Å². The van der Waals surface area contributed by atoms with Crippen LogP contribution in [-0.2, 0) is 4.74 Å². The number of ether oxygens (including phenoxy) is 1. The Morgan fingerprint density at radius 2 is 2.08 bits per heavy atom. The molecule has 0 heterocycles. The molecule has 3 heteroatoms. The molecule has 0 bridgehead atoms. The maximum atomic E-state index is 5.57. The zero-order valence-electron chi connectivity index (χ0n) is 8.92. The molecule has 0 aliphatic carbocycles. The first-order chi connectivity index (χ1) is 5.97. The summed E-state index contributed by atoms with van der Waals surface area (Å²) >= 11 is 0. The molecule has 3 nitrogen and oxygen atoms in total. The number of hydrogen-bond acceptors (Lipinski definition) is 3. The van der Waals surface area contributed by atoms with Gasteiger partial charge in [0.25, 0.3) is 0 Å². The van der Waals surface area contributed by atoms with Gasteiger partial charge in [0, 0.05) is 6.61 Å². The lowest BCUT2D eigenvalue weighted by Gasteiger charge is -2.33. The van der Waals surface area contributed by atoms with Crippen LogP contribution < -0.4 is 11.3 Å². The van der Waals surface area contributed by atoms with Crippen molar-refractivity contribution in [2.24, 2.45) is 11.3 Å². The second-order valence-electron chi connectivity index (χ2n) is 4.05. The first-order valence-corrected chi connectivity index (χ1v) is 4.51. The van der Waals surface area contributed by atoms with Crippen LogP contribution in [0.3, 0.4) is 0 Å². The average Bonchev–Trinajstić information content (AvgIpc) is 2.03. The van der Waals surface area contributed by atoms with Crippen LogP contribution in [0.15, 0.2) is 0 Å². The largest absolute Gasteiger partial charge is 0.375 e. The van der Waals surface area contributed by atoms with Gasteiger partial charge in [-0.1, -0.05) is 26.7 Å². The Kier molecular flexibility index (Phi) is 5.01. The fraction of sp³-hybridized carbons (Fsp3) is 0.800. The Morgan fingerprint density at radius 3 is 2.31 bits per heavy atom. The van der Waals surface area contributed by atoms with E-state index in [1.807, 2.05) is 6.92 Å². The fourth-order valence-corrected chi connectivity index (χ4v) is 1.25. The molecular formula is C10H20N2O. The van der Waals surface area contributed by atoms with Gasteiger partial charge in [-0.05, 0) is 12.3 Å². The molecule has 0 saturated heterocycles. The Hall–Kier alpha value is -0.560. The fourth-order valence-electron chi connectivity index (χ4n) is 1.25. The number of nitrogens with two attached hydrogens (primary N) is 1. The number of rotatable bonds is 4. The number of hydrazine groups is 1. The Balaban J connectivity index is 4.50. The Morgan fingerprint density at radius 1 is 1.54 bits per heavy atom. The average molecular weight is 184 g/mol. The molecule has 0 fully saturated rings. The molecule has 0 saturated carbocycles. The predicted octanol–water partition coefficient (Wildman–Crippen LogP) is 0.903. The van der Waals surface area contributed by atoms with Gasteiger partial charge >= 0.3 is 0 Å². The van der Waals surface area contributed by atoms with Gasteiger partial charge in [0.05, 0.1) is 6.10 Å². The van der Waals surface area contributed by atoms with Crippen LogP contribution in [-0.4, -0.2) is 18.8 Å². The summed E-state index contributed by atoms with van der Waals surface area (Å²) in [4.78, 5) is 0. The molecule has 0 amide bonds. The standard InChI is InChI=1S/C10H20N2O/c1-6-8(12-11)9(13-7-2)10(3,4)5/h1,8-9,12H,7,11H2,2-5H3. The van der Waals surface area contributed by atoms with Crippen molar-refractivity contribution in [1.82, 2.24) is 5.43 Å². The van der Waals surface area contributed by atoms with E-state index in [9.17, 15) is 0 Å². The number of nitrogens with one attached hydrogen (secondary N) is 1. The van der Waals surface area contributed by atoms with Gasteiger partial charge in [-0.3, -0.25) is 5.84 Å². The highest BCUT2D eigenvalue weighted by molar-refractivity contribution is 5.05. The van der Waals surface area contributed by atoms with Crippen molar-refractivity contribution in [3.8, 4) is 12.3 Å². The molecule has 0 aliphatic rings. The van der Waals surface area contributed by atoms with E-state index in [-0.39, 0.29) is 17.6 Å². The van der Waals surface area contributed by atoms with Crippen LogP contribution in [0.2, 0.25) is 0 Å². The molecule has 13 heavy (non-hydrogen) atoms. The van der Waals surface area contributed by atoms with E-state index in [0.717, 1.165) is 0 Å². The number of hydrogen-bond donors (Lipinski definition) is 2. The van der Waals surface area contributed by atoms with Crippen LogP contribution in [0, 0.1) is 17.8 Å². The minimum atomic E-state index is -0.236. The molecule has 0 aromatic heterocycles. The maximum Gasteiger partial charge on any atom is 0.108 e. The van der Waals surface area contributed by atoms with Crippen LogP contribution >= 0.6 is 0 Å². The summed E-state index contributed by atoms with van der Waals surface area (Å²) in [7, 11) is 0. The zero-order chi connectivity index (χ0) is 10.5. The first kappa shape index (κ1) is 12.4. The second-order valence-corrected chi connectivity index (χ2v) is 4.05. The van der Waals surface area contributed by atoms with Gasteiger partial charge in [0.15, 0.2) is 0 Å². The van der Waals surface area contributed by atoms with Crippen molar-refractivity contribution in [3.63, 3.8) is 0 Å². The minimum absolute atomic E-state index is 0.0145. The summed E-state index contributed by atoms with van der Waals surface area (Å²) in [5.41, 5.74) is 2.57. The van der Waals surface area contributed by atoms with Crippen molar-refractivity contribution in [2.75, 3.05) is 6.61 Å². The molecule has 2 atom stereocenters. The summed E-state index contributed by atoms with van der Waals surface area (Å²) < 4.78 is 5.57. The molecule has 2 unspecified atom stereocenters. The summed E-state index contributed by atoms with van der Waals surface area (Å²) in [6, 6.07) is -0.236. The van der Waals surface area contributed by atoms with Crippen LogP contribution in [0.1, 0.15) is 27.7 Å². The maximum absolute atomic E-state index is 5.57. The van der Waals surface area contributed by atoms with Crippen molar-refractivity contribution in [1.29, 1.82) is 0 Å². The van der Waals surface area contributed by atoms with Crippen molar-refractivity contribution in [2.45, 2.75) is 39.8 Å². The lowest BCUT2D eigenvalue weighted by Crippen LogP contribution is -2.50. The van der Waals surface area contributed by atoms with E-state index >= 15 is 0 Å². The zero-order valence-corrected chi connectivity index (χ0v) is 8.92. The molecule has 3 N–H and O–H groups in total. The predicted molar refractivity (Wildman–Crippen MR) is 54.8 cm³/mol. The topological polar surface area (TPSA) is 47.3 Å². The molecule has 0 aromatic rings. The third-order valence-electron chi connectivity index (χ3n) is 1.86. The summed E-state index contributed by atoms with van der Waals surface area (Å²) in [6.45, 7) is 8.82. The summed E-state index contributed by atoms with van der Waals surface area (Å²) in [5.74, 6) is 7.92. The highest BCUT2D eigenvalue weighted by atomic mass is 16.5. The Bertz CT molecular complexity index is 178. The van der Waals surface area contributed by atoms with Gasteiger partial charge < -0.3 is 4.74 Å². The van der Waals surface area contributed by atoms with Gasteiger partial charge in [-0.25, -0.2) is 5.43 Å². The first-order valence-electron chi connectivity index (χ1n) is 4.51. The highest BCUT2D eigenvalue weighted by Crippen LogP contribution is 2.24. The molecule has 0 rings (SSSR count). The van der Waals surface area contributed by atoms with E-state index < -0.39 is 0 Å². The third-order valence-corrected chi connectivity index (χ3v) is 1.86. The number of terminal acetylenes is 1. The van der Waals surface area contributed by atoms with E-state index in [1.165, 1.54) is 0 Å². The van der Waals surface area contributed by atoms with E-state index in [1.54, 1.807) is 0 Å². The molecule has 0 spiro atoms. The summed E-state index contributed by atoms with van der Waals surface area (Å²) in [6.07, 6.45) is 5.28. The van der Waals surface area contributed by atoms with Gasteiger partial charge in [-0.2, -0.15) is 0 Å².